The zero-order valence-corrected chi connectivity index (χ0v) is 17.0. The van der Waals surface area contributed by atoms with Crippen LogP contribution in [0.15, 0.2) is 41.3 Å². The highest BCUT2D eigenvalue weighted by atomic mass is 35.5. The number of nitrogens with zero attached hydrogens (tertiary/aromatic N) is 4. The molecule has 0 unspecified atom stereocenters. The molecule has 1 aromatic carbocycles. The third kappa shape index (κ3) is 3.41. The summed E-state index contributed by atoms with van der Waals surface area (Å²) in [6.45, 7) is 2.93. The molecule has 9 heteroatoms. The maximum Gasteiger partial charge on any atom is 0.273 e. The van der Waals surface area contributed by atoms with Gasteiger partial charge in [0.1, 0.15) is 17.1 Å². The lowest BCUT2D eigenvalue weighted by Crippen LogP contribution is -2.14. The topological polar surface area (TPSA) is 86.4 Å². The van der Waals surface area contributed by atoms with E-state index in [4.69, 9.17) is 26.1 Å². The quantitative estimate of drug-likeness (QED) is 0.523. The Morgan fingerprint density at radius 1 is 1.21 bits per heavy atom. The van der Waals surface area contributed by atoms with Gasteiger partial charge < -0.3 is 9.47 Å². The van der Waals surface area contributed by atoms with Gasteiger partial charge in [0.2, 0.25) is 0 Å². The van der Waals surface area contributed by atoms with Gasteiger partial charge in [0, 0.05) is 31.5 Å². The third-order valence-electron chi connectivity index (χ3n) is 4.64. The second-order valence-corrected chi connectivity index (χ2v) is 6.85. The van der Waals surface area contributed by atoms with E-state index in [0.717, 1.165) is 22.6 Å². The van der Waals surface area contributed by atoms with E-state index in [-0.39, 0.29) is 5.56 Å². The second kappa shape index (κ2) is 7.73. The number of nitrogens with one attached hydrogen (secondary N) is 1. The van der Waals surface area contributed by atoms with Crippen molar-refractivity contribution in [3.8, 4) is 28.3 Å². The van der Waals surface area contributed by atoms with Crippen molar-refractivity contribution in [2.24, 2.45) is 0 Å². The van der Waals surface area contributed by atoms with Gasteiger partial charge in [0.25, 0.3) is 5.56 Å². The predicted octanol–water partition coefficient (Wildman–Crippen LogP) is 3.38. The molecule has 0 aliphatic carbocycles. The van der Waals surface area contributed by atoms with Crippen LogP contribution in [-0.4, -0.2) is 38.6 Å². The number of aryl methyl sites for hydroxylation is 1. The number of fused-ring (bicyclic) bond motifs is 1. The molecule has 29 heavy (non-hydrogen) atoms. The van der Waals surface area contributed by atoms with Crippen molar-refractivity contribution >= 4 is 17.2 Å². The number of methoxy groups -OCH3 is 2. The average Bonchev–Trinajstić information content (AvgIpc) is 3.29. The summed E-state index contributed by atoms with van der Waals surface area (Å²) in [4.78, 5) is 17.5. The molecule has 1 N–H and O–H groups in total. The molecule has 0 aliphatic rings. The minimum absolute atomic E-state index is 0.260. The molecule has 4 rings (SSSR count). The SMILES string of the molecule is CCn1cc(Cl)c(-c2cc(=O)n3[nH]c(COC)c(-c4ccc(OC)cc4)c3n2)n1. The number of ether oxygens (including phenoxy) is 2. The fourth-order valence-corrected chi connectivity index (χ4v) is 3.49. The van der Waals surface area contributed by atoms with E-state index in [1.807, 2.05) is 31.2 Å². The van der Waals surface area contributed by atoms with Gasteiger partial charge in [-0.05, 0) is 24.6 Å². The molecule has 0 fully saturated rings. The lowest BCUT2D eigenvalue weighted by molar-refractivity contribution is 0.181. The van der Waals surface area contributed by atoms with E-state index in [0.29, 0.717) is 35.2 Å². The molecule has 3 aromatic heterocycles. The molecule has 3 heterocycles. The lowest BCUT2D eigenvalue weighted by atomic mass is 10.1. The predicted molar refractivity (Wildman–Crippen MR) is 110 cm³/mol. The molecule has 0 bridgehead atoms. The molecule has 0 spiro atoms. The van der Waals surface area contributed by atoms with Gasteiger partial charge in [-0.1, -0.05) is 23.7 Å². The van der Waals surface area contributed by atoms with E-state index < -0.39 is 0 Å². The molecule has 8 nitrogen and oxygen atoms in total. The second-order valence-electron chi connectivity index (χ2n) is 6.45. The van der Waals surface area contributed by atoms with Crippen LogP contribution in [0.5, 0.6) is 5.75 Å². The highest BCUT2D eigenvalue weighted by molar-refractivity contribution is 6.32. The zero-order chi connectivity index (χ0) is 20.5. The van der Waals surface area contributed by atoms with Crippen molar-refractivity contribution in [1.82, 2.24) is 24.4 Å². The van der Waals surface area contributed by atoms with Crippen molar-refractivity contribution in [2.45, 2.75) is 20.1 Å². The molecule has 4 aromatic rings. The zero-order valence-electron chi connectivity index (χ0n) is 16.3. The highest BCUT2D eigenvalue weighted by Gasteiger charge is 2.19. The van der Waals surface area contributed by atoms with Crippen LogP contribution in [0.25, 0.3) is 28.2 Å². The van der Waals surface area contributed by atoms with Crippen molar-refractivity contribution in [1.29, 1.82) is 0 Å². The number of hydrogen-bond acceptors (Lipinski definition) is 5. The first kappa shape index (κ1) is 19.2. The Morgan fingerprint density at radius 2 is 1.97 bits per heavy atom. The van der Waals surface area contributed by atoms with Crippen LogP contribution in [0.4, 0.5) is 0 Å². The number of benzene rings is 1. The van der Waals surface area contributed by atoms with E-state index in [1.54, 1.807) is 25.1 Å². The smallest absolute Gasteiger partial charge is 0.273 e. The molecule has 0 atom stereocenters. The van der Waals surface area contributed by atoms with E-state index >= 15 is 0 Å². The fraction of sp³-hybridized carbons (Fsp3) is 0.250. The fourth-order valence-electron chi connectivity index (χ4n) is 3.25. The summed E-state index contributed by atoms with van der Waals surface area (Å²) in [5, 5.41) is 7.98. The van der Waals surface area contributed by atoms with Gasteiger partial charge in [0.05, 0.1) is 24.4 Å². The van der Waals surface area contributed by atoms with E-state index in [9.17, 15) is 4.79 Å². The van der Waals surface area contributed by atoms with E-state index in [2.05, 4.69) is 10.2 Å². The Kier molecular flexibility index (Phi) is 5.12. The van der Waals surface area contributed by atoms with Crippen molar-refractivity contribution < 1.29 is 9.47 Å². The summed E-state index contributed by atoms with van der Waals surface area (Å²) in [5.41, 5.74) is 3.51. The van der Waals surface area contributed by atoms with Crippen molar-refractivity contribution in [3.63, 3.8) is 0 Å². The number of rotatable bonds is 6. The summed E-state index contributed by atoms with van der Waals surface area (Å²) >= 11 is 6.33. The van der Waals surface area contributed by atoms with Gasteiger partial charge in [-0.2, -0.15) is 5.10 Å². The molecule has 0 saturated carbocycles. The molecule has 0 radical (unpaired) electrons. The Bertz CT molecular complexity index is 1220. The summed E-state index contributed by atoms with van der Waals surface area (Å²) in [7, 11) is 3.21. The van der Waals surface area contributed by atoms with Gasteiger partial charge in [-0.15, -0.1) is 0 Å². The summed E-state index contributed by atoms with van der Waals surface area (Å²) < 4.78 is 13.7. The maximum absolute atomic E-state index is 12.8. The first-order chi connectivity index (χ1) is 14.0. The molecular weight excluding hydrogens is 394 g/mol. The minimum atomic E-state index is -0.260. The number of aromatic nitrogens is 5. The van der Waals surface area contributed by atoms with Crippen LogP contribution in [0.1, 0.15) is 12.6 Å². The third-order valence-corrected chi connectivity index (χ3v) is 4.92. The molecule has 0 amide bonds. The van der Waals surface area contributed by atoms with Crippen LogP contribution in [-0.2, 0) is 17.9 Å². The number of H-pyrrole nitrogens is 1. The van der Waals surface area contributed by atoms with Crippen LogP contribution in [0.3, 0.4) is 0 Å². The van der Waals surface area contributed by atoms with Gasteiger partial charge >= 0.3 is 0 Å². The molecule has 150 valence electrons. The summed E-state index contributed by atoms with van der Waals surface area (Å²) in [5.74, 6) is 0.740. The number of halogens is 1. The monoisotopic (exact) mass is 413 g/mol. The first-order valence-electron chi connectivity index (χ1n) is 9.07. The van der Waals surface area contributed by atoms with Crippen LogP contribution in [0.2, 0.25) is 5.02 Å². The highest BCUT2D eigenvalue weighted by Crippen LogP contribution is 2.31. The number of aromatic amines is 1. The Balaban J connectivity index is 1.97. The number of hydrogen-bond donors (Lipinski definition) is 1. The summed E-state index contributed by atoms with van der Waals surface area (Å²) in [6.07, 6.45) is 1.72. The maximum atomic E-state index is 12.8. The Hall–Kier alpha value is -3.10. The summed E-state index contributed by atoms with van der Waals surface area (Å²) in [6, 6.07) is 8.97. The Labute approximate surface area is 171 Å². The lowest BCUT2D eigenvalue weighted by Gasteiger charge is -2.05. The molecule has 0 aliphatic heterocycles. The first-order valence-corrected chi connectivity index (χ1v) is 9.44. The molecular formula is C20H20ClN5O3. The minimum Gasteiger partial charge on any atom is -0.497 e. The van der Waals surface area contributed by atoms with E-state index in [1.165, 1.54) is 10.6 Å². The van der Waals surface area contributed by atoms with Gasteiger partial charge in [-0.25, -0.2) is 9.50 Å². The molecule has 0 saturated heterocycles. The van der Waals surface area contributed by atoms with Gasteiger partial charge in [-0.3, -0.25) is 14.6 Å². The van der Waals surface area contributed by atoms with Crippen LogP contribution >= 0.6 is 11.6 Å². The van der Waals surface area contributed by atoms with Gasteiger partial charge in [0.15, 0.2) is 5.65 Å². The largest absolute Gasteiger partial charge is 0.497 e. The van der Waals surface area contributed by atoms with Crippen LogP contribution in [0, 0.1) is 0 Å². The van der Waals surface area contributed by atoms with Crippen molar-refractivity contribution in [3.05, 3.63) is 57.6 Å². The standard InChI is InChI=1S/C20H20ClN5O3/c1-4-25-10-14(21)19(24-25)15-9-17(27)26-20(22-15)18(16(23-26)11-28-2)12-5-7-13(29-3)8-6-12/h5-10,23H,4,11H2,1-3H3. The van der Waals surface area contributed by atoms with Crippen LogP contribution < -0.4 is 10.3 Å². The normalized spacial score (nSPS) is 11.3. The Morgan fingerprint density at radius 3 is 2.59 bits per heavy atom. The average molecular weight is 414 g/mol. The van der Waals surface area contributed by atoms with Crippen molar-refractivity contribution in [2.75, 3.05) is 14.2 Å².